The Kier molecular flexibility index (Phi) is 5.81. The number of amides is 2. The zero-order valence-corrected chi connectivity index (χ0v) is 17.2. The monoisotopic (exact) mass is 389 g/mol. The molecule has 0 aromatic carbocycles. The molecule has 1 saturated carbocycles. The van der Waals surface area contributed by atoms with Crippen LogP contribution in [0.25, 0.3) is 0 Å². The first kappa shape index (κ1) is 18.9. The van der Waals surface area contributed by atoms with Gasteiger partial charge < -0.3 is 10.2 Å². The molecule has 2 aliphatic carbocycles. The Bertz CT molecular complexity index is 664. The number of nitrogens with zero attached hydrogens (tertiary/aromatic N) is 2. The van der Waals surface area contributed by atoms with Gasteiger partial charge >= 0.3 is 0 Å². The highest BCUT2D eigenvalue weighted by atomic mass is 32.1. The minimum absolute atomic E-state index is 0.0220. The molecule has 27 heavy (non-hydrogen) atoms. The molecular formula is C21H31N3O2S. The number of fused-ring (bicyclic) bond motifs is 1. The zero-order chi connectivity index (χ0) is 18.8. The second-order valence-corrected chi connectivity index (χ2v) is 9.56. The second-order valence-electron chi connectivity index (χ2n) is 8.44. The molecule has 148 valence electrons. The Morgan fingerprint density at radius 3 is 2.44 bits per heavy atom. The van der Waals surface area contributed by atoms with Gasteiger partial charge in [0, 0.05) is 29.8 Å². The van der Waals surface area contributed by atoms with Crippen molar-refractivity contribution in [3.63, 3.8) is 0 Å². The third-order valence-corrected chi connectivity index (χ3v) is 7.81. The van der Waals surface area contributed by atoms with Crippen LogP contribution >= 0.6 is 11.3 Å². The van der Waals surface area contributed by atoms with E-state index in [1.165, 1.54) is 36.3 Å². The van der Waals surface area contributed by atoms with Gasteiger partial charge in [-0.25, -0.2) is 4.98 Å². The van der Waals surface area contributed by atoms with Gasteiger partial charge in [-0.15, -0.1) is 11.3 Å². The molecule has 1 aliphatic heterocycles. The van der Waals surface area contributed by atoms with E-state index in [2.05, 4.69) is 5.32 Å². The van der Waals surface area contributed by atoms with Crippen molar-refractivity contribution in [3.8, 4) is 0 Å². The van der Waals surface area contributed by atoms with Crippen molar-refractivity contribution in [2.45, 2.75) is 77.2 Å². The minimum atomic E-state index is -0.0220. The minimum Gasteiger partial charge on any atom is -0.347 e. The summed E-state index contributed by atoms with van der Waals surface area (Å²) in [7, 11) is 0. The van der Waals surface area contributed by atoms with Crippen LogP contribution in [0.1, 0.15) is 79.9 Å². The molecule has 1 saturated heterocycles. The maximum Gasteiger partial charge on any atom is 0.225 e. The highest BCUT2D eigenvalue weighted by Gasteiger charge is 2.32. The van der Waals surface area contributed by atoms with Gasteiger partial charge in [0.05, 0.1) is 11.7 Å². The van der Waals surface area contributed by atoms with Crippen molar-refractivity contribution in [2.24, 2.45) is 11.8 Å². The van der Waals surface area contributed by atoms with Gasteiger partial charge in [0.25, 0.3) is 0 Å². The summed E-state index contributed by atoms with van der Waals surface area (Å²) in [6.07, 6.45) is 10.8. The zero-order valence-electron chi connectivity index (χ0n) is 16.3. The molecule has 0 bridgehead atoms. The maximum atomic E-state index is 12.7. The van der Waals surface area contributed by atoms with Crippen LogP contribution in [-0.2, 0) is 22.4 Å². The molecule has 5 nitrogen and oxygen atoms in total. The summed E-state index contributed by atoms with van der Waals surface area (Å²) in [6.45, 7) is 3.50. The highest BCUT2D eigenvalue weighted by molar-refractivity contribution is 7.11. The molecule has 2 amide bonds. The first-order valence-electron chi connectivity index (χ1n) is 10.7. The molecule has 0 spiro atoms. The Hall–Kier alpha value is -1.43. The van der Waals surface area contributed by atoms with Crippen molar-refractivity contribution in [3.05, 3.63) is 15.6 Å². The van der Waals surface area contributed by atoms with E-state index in [1.54, 1.807) is 11.3 Å². The second kappa shape index (κ2) is 8.29. The van der Waals surface area contributed by atoms with Crippen molar-refractivity contribution in [1.82, 2.24) is 15.2 Å². The average molecular weight is 390 g/mol. The van der Waals surface area contributed by atoms with Crippen molar-refractivity contribution in [2.75, 3.05) is 13.1 Å². The van der Waals surface area contributed by atoms with Crippen LogP contribution in [-0.4, -0.2) is 34.8 Å². The largest absolute Gasteiger partial charge is 0.347 e. The normalized spacial score (nSPS) is 22.5. The standard InChI is InChI=1S/C21H31N3O2S/c1-14(20-23-17-8-4-5-9-18(17)27-20)22-19(25)15-10-12-24(13-11-15)21(26)16-6-2-3-7-16/h14-16H,2-13H2,1H3,(H,22,25)/t14-/m0/s1. The summed E-state index contributed by atoms with van der Waals surface area (Å²) < 4.78 is 0. The van der Waals surface area contributed by atoms with E-state index < -0.39 is 0 Å². The number of hydrogen-bond acceptors (Lipinski definition) is 4. The fourth-order valence-electron chi connectivity index (χ4n) is 4.74. The van der Waals surface area contributed by atoms with Crippen LogP contribution in [0.2, 0.25) is 0 Å². The number of piperidine rings is 1. The van der Waals surface area contributed by atoms with Gasteiger partial charge in [0.2, 0.25) is 11.8 Å². The van der Waals surface area contributed by atoms with Crippen LogP contribution in [0.15, 0.2) is 0 Å². The van der Waals surface area contributed by atoms with Crippen LogP contribution in [0, 0.1) is 11.8 Å². The summed E-state index contributed by atoms with van der Waals surface area (Å²) in [6, 6.07) is -0.0220. The average Bonchev–Trinajstić information content (AvgIpc) is 3.37. The maximum absolute atomic E-state index is 12.7. The number of thiazole rings is 1. The molecule has 0 radical (unpaired) electrons. The lowest BCUT2D eigenvalue weighted by Gasteiger charge is -2.33. The quantitative estimate of drug-likeness (QED) is 0.855. The third kappa shape index (κ3) is 4.20. The highest BCUT2D eigenvalue weighted by Crippen LogP contribution is 2.31. The molecule has 4 rings (SSSR count). The summed E-state index contributed by atoms with van der Waals surface area (Å²) in [5.41, 5.74) is 1.25. The van der Waals surface area contributed by atoms with Gasteiger partial charge in [-0.05, 0) is 58.3 Å². The lowest BCUT2D eigenvalue weighted by atomic mass is 9.94. The molecule has 1 aromatic heterocycles. The van der Waals surface area contributed by atoms with Crippen molar-refractivity contribution < 1.29 is 9.59 Å². The number of hydrogen-bond donors (Lipinski definition) is 1. The molecule has 2 fully saturated rings. The molecule has 2 heterocycles. The van der Waals surface area contributed by atoms with Crippen molar-refractivity contribution >= 4 is 23.2 Å². The van der Waals surface area contributed by atoms with Gasteiger partial charge in [0.15, 0.2) is 0 Å². The van der Waals surface area contributed by atoms with E-state index in [0.717, 1.165) is 56.6 Å². The van der Waals surface area contributed by atoms with Crippen LogP contribution in [0.4, 0.5) is 0 Å². The molecular weight excluding hydrogens is 358 g/mol. The molecule has 1 aromatic rings. The van der Waals surface area contributed by atoms with E-state index in [4.69, 9.17) is 4.98 Å². The summed E-state index contributed by atoms with van der Waals surface area (Å²) >= 11 is 1.77. The number of aryl methyl sites for hydroxylation is 2. The molecule has 0 unspecified atom stereocenters. The molecule has 1 atom stereocenters. The van der Waals surface area contributed by atoms with Gasteiger partial charge in [-0.3, -0.25) is 9.59 Å². The van der Waals surface area contributed by atoms with E-state index in [1.807, 2.05) is 11.8 Å². The van der Waals surface area contributed by atoms with E-state index in [0.29, 0.717) is 5.91 Å². The van der Waals surface area contributed by atoms with E-state index in [9.17, 15) is 9.59 Å². The van der Waals surface area contributed by atoms with Gasteiger partial charge in [-0.1, -0.05) is 12.8 Å². The fourth-order valence-corrected chi connectivity index (χ4v) is 5.90. The van der Waals surface area contributed by atoms with Crippen LogP contribution < -0.4 is 5.32 Å². The fraction of sp³-hybridized carbons (Fsp3) is 0.762. The molecule has 3 aliphatic rings. The number of carbonyl (C=O) groups is 2. The Labute approximate surface area is 165 Å². The van der Waals surface area contributed by atoms with Crippen LogP contribution in [0.3, 0.4) is 0 Å². The Morgan fingerprint density at radius 2 is 1.74 bits per heavy atom. The molecule has 1 N–H and O–H groups in total. The number of likely N-dealkylation sites (tertiary alicyclic amines) is 1. The Morgan fingerprint density at radius 1 is 1.04 bits per heavy atom. The smallest absolute Gasteiger partial charge is 0.225 e. The first-order valence-corrected chi connectivity index (χ1v) is 11.5. The lowest BCUT2D eigenvalue weighted by Crippen LogP contribution is -2.45. The SMILES string of the molecule is C[C@H](NC(=O)C1CCN(C(=O)C2CCCC2)CC1)c1nc2c(s1)CCCC2. The van der Waals surface area contributed by atoms with Crippen molar-refractivity contribution in [1.29, 1.82) is 0 Å². The van der Waals surface area contributed by atoms with E-state index in [-0.39, 0.29) is 23.8 Å². The van der Waals surface area contributed by atoms with Gasteiger partial charge in [-0.2, -0.15) is 0 Å². The Balaban J connectivity index is 1.27. The first-order chi connectivity index (χ1) is 13.1. The lowest BCUT2D eigenvalue weighted by molar-refractivity contribution is -0.139. The number of carbonyl (C=O) groups excluding carboxylic acids is 2. The van der Waals surface area contributed by atoms with Gasteiger partial charge in [0.1, 0.15) is 5.01 Å². The van der Waals surface area contributed by atoms with Crippen LogP contribution in [0.5, 0.6) is 0 Å². The third-order valence-electron chi connectivity index (χ3n) is 6.47. The number of nitrogens with one attached hydrogen (secondary N) is 1. The number of rotatable bonds is 4. The summed E-state index contributed by atoms with van der Waals surface area (Å²) in [4.78, 5) is 33.5. The topological polar surface area (TPSA) is 62.3 Å². The predicted molar refractivity (Wildman–Crippen MR) is 107 cm³/mol. The molecule has 6 heteroatoms. The predicted octanol–water partition coefficient (Wildman–Crippen LogP) is 3.63. The summed E-state index contributed by atoms with van der Waals surface area (Å²) in [5, 5.41) is 4.23. The summed E-state index contributed by atoms with van der Waals surface area (Å²) in [5.74, 6) is 0.720. The van der Waals surface area contributed by atoms with E-state index >= 15 is 0 Å². The number of aromatic nitrogens is 1.